The lowest BCUT2D eigenvalue weighted by Crippen LogP contribution is -3.00. The van der Waals surface area contributed by atoms with Crippen LogP contribution in [-0.2, 0) is 30.5 Å². The van der Waals surface area contributed by atoms with Crippen molar-refractivity contribution in [1.82, 2.24) is 5.32 Å². The van der Waals surface area contributed by atoms with Crippen LogP contribution in [-0.4, -0.2) is 61.7 Å². The molecule has 0 spiro atoms. The Kier molecular flexibility index (Phi) is 9.40. The van der Waals surface area contributed by atoms with Gasteiger partial charge in [-0.2, -0.15) is 0 Å². The molecule has 1 aromatic carbocycles. The fraction of sp³-hybridized carbons (Fsp3) is 0.700. The first kappa shape index (κ1) is 30.6. The summed E-state index contributed by atoms with van der Waals surface area (Å²) in [5, 5.41) is 3.36. The Labute approximate surface area is 238 Å². The second-order valence-electron chi connectivity index (χ2n) is 13.9. The summed E-state index contributed by atoms with van der Waals surface area (Å²) in [6.07, 6.45) is 6.43. The van der Waals surface area contributed by atoms with Crippen LogP contribution in [0, 0.1) is 16.7 Å². The maximum absolute atomic E-state index is 13.0. The highest BCUT2D eigenvalue weighted by molar-refractivity contribution is 5.82. The molecule has 4 fully saturated rings. The Morgan fingerprint density at radius 3 is 2.16 bits per heavy atom. The van der Waals surface area contributed by atoms with Gasteiger partial charge in [0, 0.05) is 12.0 Å². The number of benzene rings is 1. The molecule has 4 bridgehead atoms. The molecule has 212 valence electrons. The molecule has 2 unspecified atom stereocenters. The number of nitrogens with zero attached hydrogens (tertiary/aromatic N) is 1. The van der Waals surface area contributed by atoms with E-state index in [0.29, 0.717) is 27.8 Å². The highest BCUT2D eigenvalue weighted by atomic mass is 79.9. The average Bonchev–Trinajstić information content (AvgIpc) is 2.73. The molecule has 4 aliphatic rings. The van der Waals surface area contributed by atoms with Gasteiger partial charge >= 0.3 is 11.9 Å². The molecule has 0 radical (unpaired) electrons. The highest BCUT2D eigenvalue weighted by Crippen LogP contribution is 2.66. The van der Waals surface area contributed by atoms with Gasteiger partial charge in [0.15, 0.2) is 6.10 Å². The number of quaternary nitrogens is 1. The third-order valence-electron chi connectivity index (χ3n) is 8.27. The monoisotopic (exact) mass is 592 g/mol. The fourth-order valence-corrected chi connectivity index (χ4v) is 8.14. The molecule has 4 aliphatic carbocycles. The van der Waals surface area contributed by atoms with Crippen molar-refractivity contribution < 1.29 is 45.3 Å². The van der Waals surface area contributed by atoms with E-state index < -0.39 is 18.0 Å². The zero-order valence-corrected chi connectivity index (χ0v) is 25.3. The van der Waals surface area contributed by atoms with E-state index in [0.717, 1.165) is 24.8 Å². The molecule has 8 heteroatoms. The van der Waals surface area contributed by atoms with E-state index in [2.05, 4.69) is 19.2 Å². The van der Waals surface area contributed by atoms with Gasteiger partial charge in [-0.1, -0.05) is 44.2 Å². The summed E-state index contributed by atoms with van der Waals surface area (Å²) in [5.74, 6) is -0.239. The Morgan fingerprint density at radius 1 is 0.947 bits per heavy atom. The van der Waals surface area contributed by atoms with E-state index in [1.54, 1.807) is 0 Å². The first-order chi connectivity index (χ1) is 17.2. The highest BCUT2D eigenvalue weighted by Gasteiger charge is 2.60. The SMILES string of the molecule is CC12CC3CC(C)(C1)CC(NC(=O)CCC(=O)O[C@H](CC(=O)OCc1ccccc1)C[N+](C)(C)C)(C3)C2.[Br-]. The van der Waals surface area contributed by atoms with Gasteiger partial charge in [0.25, 0.3) is 0 Å². The minimum absolute atomic E-state index is 0. The molecule has 4 saturated carbocycles. The van der Waals surface area contributed by atoms with Crippen molar-refractivity contribution in [2.24, 2.45) is 16.7 Å². The maximum atomic E-state index is 13.0. The van der Waals surface area contributed by atoms with Gasteiger partial charge in [-0.05, 0) is 60.8 Å². The zero-order chi connectivity index (χ0) is 26.9. The van der Waals surface area contributed by atoms with Crippen molar-refractivity contribution in [3.63, 3.8) is 0 Å². The smallest absolute Gasteiger partial charge is 0.310 e. The number of nitrogens with one attached hydrogen (secondary N) is 1. The van der Waals surface area contributed by atoms with Gasteiger partial charge in [0.2, 0.25) is 5.91 Å². The lowest BCUT2D eigenvalue weighted by Gasteiger charge is -2.65. The van der Waals surface area contributed by atoms with Crippen LogP contribution >= 0.6 is 0 Å². The van der Waals surface area contributed by atoms with Crippen LogP contribution < -0.4 is 22.3 Å². The number of rotatable bonds is 11. The van der Waals surface area contributed by atoms with Crippen molar-refractivity contribution in [2.75, 3.05) is 27.7 Å². The number of halogens is 1. The molecule has 0 saturated heterocycles. The summed E-state index contributed by atoms with van der Waals surface area (Å²) in [5.41, 5.74) is 1.41. The van der Waals surface area contributed by atoms with E-state index in [1.807, 2.05) is 51.5 Å². The molecule has 1 aromatic rings. The number of amides is 1. The summed E-state index contributed by atoms with van der Waals surface area (Å²) in [7, 11) is 5.95. The van der Waals surface area contributed by atoms with Crippen molar-refractivity contribution in [2.45, 2.75) is 89.9 Å². The third kappa shape index (κ3) is 8.28. The van der Waals surface area contributed by atoms with Crippen LogP contribution in [0.1, 0.15) is 77.2 Å². The molecule has 7 nitrogen and oxygen atoms in total. The molecule has 3 atom stereocenters. The summed E-state index contributed by atoms with van der Waals surface area (Å²) in [6, 6.07) is 9.49. The normalized spacial score (nSPS) is 30.2. The molecule has 1 amide bonds. The van der Waals surface area contributed by atoms with Gasteiger partial charge in [-0.3, -0.25) is 14.4 Å². The lowest BCUT2D eigenvalue weighted by atomic mass is 9.43. The topological polar surface area (TPSA) is 81.7 Å². The molecular formula is C30H45BrN2O5. The van der Waals surface area contributed by atoms with Gasteiger partial charge in [0.1, 0.15) is 13.2 Å². The molecular weight excluding hydrogens is 548 g/mol. The number of hydrogen-bond donors (Lipinski definition) is 1. The van der Waals surface area contributed by atoms with Crippen LogP contribution in [0.4, 0.5) is 0 Å². The summed E-state index contributed by atoms with van der Waals surface area (Å²) in [6.45, 7) is 5.42. The Hall–Kier alpha value is -1.93. The van der Waals surface area contributed by atoms with Crippen molar-refractivity contribution in [3.05, 3.63) is 35.9 Å². The van der Waals surface area contributed by atoms with Crippen LogP contribution in [0.3, 0.4) is 0 Å². The number of carbonyl (C=O) groups is 3. The number of likely N-dealkylation sites (N-methyl/N-ethyl adjacent to an activating group) is 1. The van der Waals surface area contributed by atoms with Gasteiger partial charge < -0.3 is 36.3 Å². The van der Waals surface area contributed by atoms with E-state index in [9.17, 15) is 14.4 Å². The number of hydrogen-bond acceptors (Lipinski definition) is 5. The number of esters is 2. The van der Waals surface area contributed by atoms with E-state index in [-0.39, 0.29) is 54.3 Å². The minimum Gasteiger partial charge on any atom is -1.00 e. The van der Waals surface area contributed by atoms with Crippen molar-refractivity contribution >= 4 is 17.8 Å². The number of carbonyl (C=O) groups excluding carboxylic acids is 3. The lowest BCUT2D eigenvalue weighted by molar-refractivity contribution is -0.873. The maximum Gasteiger partial charge on any atom is 0.310 e. The van der Waals surface area contributed by atoms with E-state index in [1.165, 1.54) is 19.3 Å². The quantitative estimate of drug-likeness (QED) is 0.310. The molecule has 0 aliphatic heterocycles. The Balaban J connectivity index is 0.00000400. The van der Waals surface area contributed by atoms with E-state index >= 15 is 0 Å². The Morgan fingerprint density at radius 2 is 1.58 bits per heavy atom. The second-order valence-corrected chi connectivity index (χ2v) is 13.9. The summed E-state index contributed by atoms with van der Waals surface area (Å²) >= 11 is 0. The molecule has 0 heterocycles. The van der Waals surface area contributed by atoms with Crippen molar-refractivity contribution in [1.29, 1.82) is 0 Å². The molecule has 0 aromatic heterocycles. The predicted molar refractivity (Wildman–Crippen MR) is 141 cm³/mol. The van der Waals surface area contributed by atoms with E-state index in [4.69, 9.17) is 9.47 Å². The number of ether oxygens (including phenoxy) is 2. The second kappa shape index (κ2) is 11.7. The first-order valence-electron chi connectivity index (χ1n) is 13.8. The minimum atomic E-state index is -0.609. The summed E-state index contributed by atoms with van der Waals surface area (Å²) in [4.78, 5) is 38.1. The Bertz CT molecular complexity index is 990. The fourth-order valence-electron chi connectivity index (χ4n) is 8.14. The van der Waals surface area contributed by atoms with Gasteiger partial charge in [0.05, 0.1) is 34.0 Å². The average molecular weight is 594 g/mol. The van der Waals surface area contributed by atoms with Crippen LogP contribution in [0.25, 0.3) is 0 Å². The predicted octanol–water partition coefficient (Wildman–Crippen LogP) is 1.39. The zero-order valence-electron chi connectivity index (χ0n) is 23.7. The summed E-state index contributed by atoms with van der Waals surface area (Å²) < 4.78 is 11.6. The third-order valence-corrected chi connectivity index (χ3v) is 8.27. The van der Waals surface area contributed by atoms with Gasteiger partial charge in [-0.25, -0.2) is 0 Å². The van der Waals surface area contributed by atoms with Crippen LogP contribution in [0.15, 0.2) is 30.3 Å². The van der Waals surface area contributed by atoms with Crippen LogP contribution in [0.2, 0.25) is 0 Å². The molecule has 38 heavy (non-hydrogen) atoms. The largest absolute Gasteiger partial charge is 1.00 e. The molecule has 1 N–H and O–H groups in total. The van der Waals surface area contributed by atoms with Crippen LogP contribution in [0.5, 0.6) is 0 Å². The first-order valence-corrected chi connectivity index (χ1v) is 13.8. The standard InChI is InChI=1S/C30H44N2O5.BrH/c1-28-14-23-15-29(2,19-28)21-30(16-23,20-28)31-25(33)11-12-26(34)37-24(17-32(3,4)5)13-27(35)36-18-22-9-7-6-8-10-22;/h6-10,23-24H,11-21H2,1-5H3;1H/t23?,24-,28?,29?,30?;/m1./s1. The van der Waals surface area contributed by atoms with Gasteiger partial charge in [-0.15, -0.1) is 0 Å². The molecule has 5 rings (SSSR count). The van der Waals surface area contributed by atoms with Crippen molar-refractivity contribution in [3.8, 4) is 0 Å².